The van der Waals surface area contributed by atoms with E-state index in [1.807, 2.05) is 46.8 Å². The molecule has 1 amide bonds. The second-order valence-electron chi connectivity index (χ2n) is 8.31. The van der Waals surface area contributed by atoms with Crippen molar-refractivity contribution in [2.45, 2.75) is 67.0 Å². The van der Waals surface area contributed by atoms with E-state index in [0.717, 1.165) is 46.3 Å². The Morgan fingerprint density at radius 2 is 1.83 bits per heavy atom. The van der Waals surface area contributed by atoms with Crippen molar-refractivity contribution in [2.24, 2.45) is 0 Å². The predicted molar refractivity (Wildman–Crippen MR) is 124 cm³/mol. The van der Waals surface area contributed by atoms with E-state index in [1.165, 1.54) is 0 Å². The molecular weight excluding hydrogens is 398 g/mol. The lowest BCUT2D eigenvalue weighted by Gasteiger charge is -2.28. The number of nitrogens with zero attached hydrogens (tertiary/aromatic N) is 1. The third kappa shape index (κ3) is 4.17. The van der Waals surface area contributed by atoms with Gasteiger partial charge in [0.2, 0.25) is 0 Å². The summed E-state index contributed by atoms with van der Waals surface area (Å²) in [5.41, 5.74) is 5.84. The summed E-state index contributed by atoms with van der Waals surface area (Å²) in [7, 11) is 0. The van der Waals surface area contributed by atoms with Crippen LogP contribution in [0.1, 0.15) is 65.6 Å². The zero-order chi connectivity index (χ0) is 22.2. The largest absolute Gasteiger partial charge is 0.358 e. The molecule has 3 aromatic rings. The molecule has 0 spiro atoms. The van der Waals surface area contributed by atoms with Gasteiger partial charge in [0.25, 0.3) is 11.5 Å². The molecule has 2 aromatic heterocycles. The van der Waals surface area contributed by atoms with E-state index in [2.05, 4.69) is 16.9 Å². The van der Waals surface area contributed by atoms with Crippen LogP contribution >= 0.6 is 11.6 Å². The number of hydrogen-bond acceptors (Lipinski definition) is 2. The number of H-pyrrole nitrogens is 2. The van der Waals surface area contributed by atoms with Crippen molar-refractivity contribution in [3.05, 3.63) is 67.2 Å². The van der Waals surface area contributed by atoms with Gasteiger partial charge in [0, 0.05) is 38.9 Å². The summed E-state index contributed by atoms with van der Waals surface area (Å²) < 4.78 is 0. The maximum atomic E-state index is 13.7. The fourth-order valence-corrected chi connectivity index (χ4v) is 4.24. The second kappa shape index (κ2) is 8.68. The number of pyridine rings is 1. The van der Waals surface area contributed by atoms with Crippen molar-refractivity contribution >= 4 is 28.4 Å². The molecule has 0 atom stereocenters. The lowest BCUT2D eigenvalue weighted by atomic mass is 10.0. The van der Waals surface area contributed by atoms with Crippen LogP contribution in [-0.2, 0) is 13.0 Å². The molecule has 0 aliphatic carbocycles. The number of benzene rings is 1. The number of halogens is 1. The molecule has 0 saturated carbocycles. The van der Waals surface area contributed by atoms with Crippen molar-refractivity contribution in [3.8, 4) is 0 Å². The summed E-state index contributed by atoms with van der Waals surface area (Å²) in [5, 5.41) is 1.40. The summed E-state index contributed by atoms with van der Waals surface area (Å²) in [6.07, 6.45) is 1.74. The Hall–Kier alpha value is -2.53. The number of rotatable bonds is 6. The molecule has 3 rings (SSSR count). The van der Waals surface area contributed by atoms with Crippen LogP contribution in [0.3, 0.4) is 0 Å². The molecule has 2 heterocycles. The summed E-state index contributed by atoms with van der Waals surface area (Å²) in [6.45, 7) is 12.2. The van der Waals surface area contributed by atoms with Crippen molar-refractivity contribution in [3.63, 3.8) is 0 Å². The first-order valence-electron chi connectivity index (χ1n) is 10.4. The fraction of sp³-hybridized carbons (Fsp3) is 0.417. The van der Waals surface area contributed by atoms with Crippen LogP contribution in [-0.4, -0.2) is 26.8 Å². The molecule has 2 N–H and O–H groups in total. The van der Waals surface area contributed by atoms with Crippen molar-refractivity contribution in [1.82, 2.24) is 14.9 Å². The maximum absolute atomic E-state index is 13.7. The van der Waals surface area contributed by atoms with Crippen molar-refractivity contribution < 1.29 is 4.79 Å². The lowest BCUT2D eigenvalue weighted by Crippen LogP contribution is -2.38. The minimum atomic E-state index is -0.123. The molecule has 0 radical (unpaired) electrons. The molecule has 1 aromatic carbocycles. The maximum Gasteiger partial charge on any atom is 0.255 e. The zero-order valence-electron chi connectivity index (χ0n) is 18.6. The van der Waals surface area contributed by atoms with Crippen LogP contribution < -0.4 is 5.56 Å². The molecular formula is C24H30ClN3O2. The predicted octanol–water partition coefficient (Wildman–Crippen LogP) is 5.44. The molecule has 0 saturated heterocycles. The Labute approximate surface area is 182 Å². The lowest BCUT2D eigenvalue weighted by molar-refractivity contribution is 0.0691. The number of carbonyl (C=O) groups excluding carboxylic acids is 1. The summed E-state index contributed by atoms with van der Waals surface area (Å²) >= 11 is 6.34. The van der Waals surface area contributed by atoms with E-state index in [-0.39, 0.29) is 24.1 Å². The van der Waals surface area contributed by atoms with E-state index < -0.39 is 0 Å². The van der Waals surface area contributed by atoms with Crippen LogP contribution in [0.15, 0.2) is 23.0 Å². The summed E-state index contributed by atoms with van der Waals surface area (Å²) in [4.78, 5) is 34.4. The first kappa shape index (κ1) is 22.2. The molecule has 0 unspecified atom stereocenters. The average molecular weight is 428 g/mol. The SMILES string of the molecule is CCCc1cc(C)[nH]c(=O)c1CN(C(=O)c1cc(Cl)cc2[nH]c(C)c(C)c12)C(C)C. The van der Waals surface area contributed by atoms with Gasteiger partial charge in [0.1, 0.15) is 0 Å². The van der Waals surface area contributed by atoms with Crippen LogP contribution in [0.25, 0.3) is 10.9 Å². The molecule has 160 valence electrons. The number of nitrogens with one attached hydrogen (secondary N) is 2. The van der Waals surface area contributed by atoms with E-state index >= 15 is 0 Å². The van der Waals surface area contributed by atoms with Gasteiger partial charge in [0.15, 0.2) is 0 Å². The zero-order valence-corrected chi connectivity index (χ0v) is 19.3. The number of hydrogen-bond donors (Lipinski definition) is 2. The first-order chi connectivity index (χ1) is 14.1. The Kier molecular flexibility index (Phi) is 6.41. The van der Waals surface area contributed by atoms with E-state index in [1.54, 1.807) is 11.0 Å². The van der Waals surface area contributed by atoms with Crippen LogP contribution in [0.2, 0.25) is 5.02 Å². The molecule has 5 nitrogen and oxygen atoms in total. The topological polar surface area (TPSA) is 69.0 Å². The van der Waals surface area contributed by atoms with Gasteiger partial charge >= 0.3 is 0 Å². The normalized spacial score (nSPS) is 11.5. The molecule has 0 fully saturated rings. The molecule has 0 aliphatic rings. The molecule has 0 aliphatic heterocycles. The number of aromatic amines is 2. The third-order valence-electron chi connectivity index (χ3n) is 5.69. The highest BCUT2D eigenvalue weighted by Gasteiger charge is 2.25. The first-order valence-corrected chi connectivity index (χ1v) is 10.8. The Morgan fingerprint density at radius 1 is 1.13 bits per heavy atom. The Morgan fingerprint density at radius 3 is 2.47 bits per heavy atom. The number of amides is 1. The third-order valence-corrected chi connectivity index (χ3v) is 5.91. The van der Waals surface area contributed by atoms with Crippen molar-refractivity contribution in [1.29, 1.82) is 0 Å². The minimum absolute atomic E-state index is 0.0814. The van der Waals surface area contributed by atoms with E-state index in [4.69, 9.17) is 11.6 Å². The Bertz CT molecular complexity index is 1160. The quantitative estimate of drug-likeness (QED) is 0.550. The summed E-state index contributed by atoms with van der Waals surface area (Å²) in [5.74, 6) is -0.123. The van der Waals surface area contributed by atoms with Gasteiger partial charge in [-0.05, 0) is 70.4 Å². The van der Waals surface area contributed by atoms with E-state index in [9.17, 15) is 9.59 Å². The molecule has 6 heteroatoms. The number of fused-ring (bicyclic) bond motifs is 1. The van der Waals surface area contributed by atoms with Gasteiger partial charge in [-0.1, -0.05) is 24.9 Å². The number of aryl methyl sites for hydroxylation is 4. The van der Waals surface area contributed by atoms with Gasteiger partial charge in [0.05, 0.1) is 12.1 Å². The van der Waals surface area contributed by atoms with Gasteiger partial charge in [-0.15, -0.1) is 0 Å². The van der Waals surface area contributed by atoms with Gasteiger partial charge in [-0.25, -0.2) is 0 Å². The van der Waals surface area contributed by atoms with Gasteiger partial charge in [-0.2, -0.15) is 0 Å². The van der Waals surface area contributed by atoms with Crippen LogP contribution in [0, 0.1) is 20.8 Å². The van der Waals surface area contributed by atoms with Crippen LogP contribution in [0.5, 0.6) is 0 Å². The van der Waals surface area contributed by atoms with Crippen molar-refractivity contribution in [2.75, 3.05) is 0 Å². The standard InChI is InChI=1S/C24H30ClN3O2/c1-7-8-17-9-14(4)26-23(29)20(17)12-28(13(2)3)24(30)19-10-18(25)11-21-22(19)15(5)16(6)27-21/h9-11,13,27H,7-8,12H2,1-6H3,(H,26,29). The average Bonchev–Trinajstić information content (AvgIpc) is 2.93. The highest BCUT2D eigenvalue weighted by Crippen LogP contribution is 2.30. The van der Waals surface area contributed by atoms with Gasteiger partial charge < -0.3 is 14.9 Å². The minimum Gasteiger partial charge on any atom is -0.358 e. The highest BCUT2D eigenvalue weighted by atomic mass is 35.5. The second-order valence-corrected chi connectivity index (χ2v) is 8.75. The number of carbonyl (C=O) groups is 1. The summed E-state index contributed by atoms with van der Waals surface area (Å²) in [6, 6.07) is 5.51. The fourth-order valence-electron chi connectivity index (χ4n) is 4.03. The number of aromatic nitrogens is 2. The smallest absolute Gasteiger partial charge is 0.255 e. The molecule has 30 heavy (non-hydrogen) atoms. The highest BCUT2D eigenvalue weighted by molar-refractivity contribution is 6.32. The Balaban J connectivity index is 2.11. The van der Waals surface area contributed by atoms with Gasteiger partial charge in [-0.3, -0.25) is 9.59 Å². The van der Waals surface area contributed by atoms with Crippen LogP contribution in [0.4, 0.5) is 0 Å². The van der Waals surface area contributed by atoms with E-state index in [0.29, 0.717) is 16.1 Å². The molecule has 0 bridgehead atoms. The monoisotopic (exact) mass is 427 g/mol.